The van der Waals surface area contributed by atoms with Crippen LogP contribution < -0.4 is 0 Å². The SMILES string of the molecule is CO[Si]1(OC)CCCC(C(C)C)(C(C)C)O1. The van der Waals surface area contributed by atoms with Gasteiger partial charge in [-0.2, -0.15) is 0 Å². The molecule has 0 bridgehead atoms. The van der Waals surface area contributed by atoms with E-state index in [1.807, 2.05) is 0 Å². The fourth-order valence-electron chi connectivity index (χ4n) is 2.82. The van der Waals surface area contributed by atoms with E-state index in [4.69, 9.17) is 13.3 Å². The summed E-state index contributed by atoms with van der Waals surface area (Å²) >= 11 is 0. The van der Waals surface area contributed by atoms with Gasteiger partial charge in [-0.3, -0.25) is 0 Å². The van der Waals surface area contributed by atoms with Crippen molar-refractivity contribution in [2.75, 3.05) is 14.2 Å². The third-order valence-corrected chi connectivity index (χ3v) is 6.87. The Labute approximate surface area is 101 Å². The molecule has 0 unspecified atom stereocenters. The molecule has 0 aromatic carbocycles. The average molecular weight is 246 g/mol. The van der Waals surface area contributed by atoms with Gasteiger partial charge in [-0.25, -0.2) is 0 Å². The maximum atomic E-state index is 6.38. The summed E-state index contributed by atoms with van der Waals surface area (Å²) in [5, 5.41) is 0. The first-order chi connectivity index (χ1) is 7.42. The van der Waals surface area contributed by atoms with Crippen LogP contribution in [0.5, 0.6) is 0 Å². The Hall–Kier alpha value is 0.0969. The van der Waals surface area contributed by atoms with Crippen LogP contribution in [0.3, 0.4) is 0 Å². The molecule has 1 fully saturated rings. The summed E-state index contributed by atoms with van der Waals surface area (Å²) in [6.07, 6.45) is 2.26. The first-order valence-corrected chi connectivity index (χ1v) is 8.16. The predicted molar refractivity (Wildman–Crippen MR) is 67.3 cm³/mol. The smallest absolute Gasteiger partial charge is 0.377 e. The van der Waals surface area contributed by atoms with Gasteiger partial charge in [0, 0.05) is 20.3 Å². The molecular formula is C12H26O3Si. The Kier molecular flexibility index (Phi) is 4.57. The van der Waals surface area contributed by atoms with Crippen LogP contribution in [0.25, 0.3) is 0 Å². The minimum atomic E-state index is -2.39. The van der Waals surface area contributed by atoms with Crippen LogP contribution in [0.15, 0.2) is 0 Å². The van der Waals surface area contributed by atoms with E-state index in [2.05, 4.69) is 27.7 Å². The monoisotopic (exact) mass is 246 g/mol. The maximum absolute atomic E-state index is 6.38. The van der Waals surface area contributed by atoms with Crippen LogP contribution in [-0.4, -0.2) is 28.6 Å². The average Bonchev–Trinajstić information content (AvgIpc) is 2.28. The topological polar surface area (TPSA) is 27.7 Å². The highest BCUT2D eigenvalue weighted by atomic mass is 28.4. The van der Waals surface area contributed by atoms with Crippen molar-refractivity contribution in [3.05, 3.63) is 0 Å². The van der Waals surface area contributed by atoms with Crippen LogP contribution in [0, 0.1) is 11.8 Å². The molecule has 0 radical (unpaired) electrons. The van der Waals surface area contributed by atoms with Crippen molar-refractivity contribution < 1.29 is 13.3 Å². The van der Waals surface area contributed by atoms with E-state index in [1.165, 1.54) is 0 Å². The second-order valence-electron chi connectivity index (χ2n) is 5.31. The Balaban J connectivity index is 2.95. The normalized spacial score (nSPS) is 24.0. The summed E-state index contributed by atoms with van der Waals surface area (Å²) in [5.41, 5.74) is -0.0729. The van der Waals surface area contributed by atoms with E-state index in [-0.39, 0.29) is 5.60 Å². The van der Waals surface area contributed by atoms with Crippen LogP contribution in [0.4, 0.5) is 0 Å². The van der Waals surface area contributed by atoms with Crippen molar-refractivity contribution >= 4 is 8.80 Å². The summed E-state index contributed by atoms with van der Waals surface area (Å²) in [6, 6.07) is 0.946. The van der Waals surface area contributed by atoms with Crippen LogP contribution in [-0.2, 0) is 13.3 Å². The van der Waals surface area contributed by atoms with E-state index in [9.17, 15) is 0 Å². The van der Waals surface area contributed by atoms with Gasteiger partial charge in [0.05, 0.1) is 5.60 Å². The van der Waals surface area contributed by atoms with Gasteiger partial charge in [0.15, 0.2) is 0 Å². The predicted octanol–water partition coefficient (Wildman–Crippen LogP) is 3.08. The third kappa shape index (κ3) is 2.35. The van der Waals surface area contributed by atoms with Gasteiger partial charge in [-0.1, -0.05) is 27.7 Å². The van der Waals surface area contributed by atoms with Gasteiger partial charge in [-0.15, -0.1) is 0 Å². The van der Waals surface area contributed by atoms with Gasteiger partial charge < -0.3 is 13.3 Å². The minimum absolute atomic E-state index is 0.0729. The Morgan fingerprint density at radius 3 is 1.94 bits per heavy atom. The van der Waals surface area contributed by atoms with Crippen molar-refractivity contribution in [3.8, 4) is 0 Å². The van der Waals surface area contributed by atoms with Crippen LogP contribution in [0.2, 0.25) is 6.04 Å². The van der Waals surface area contributed by atoms with E-state index < -0.39 is 8.80 Å². The lowest BCUT2D eigenvalue weighted by atomic mass is 9.77. The fourth-order valence-corrected chi connectivity index (χ4v) is 5.43. The summed E-state index contributed by atoms with van der Waals surface area (Å²) in [5.74, 6) is 0.981. The lowest BCUT2D eigenvalue weighted by Gasteiger charge is -2.49. The fraction of sp³-hybridized carbons (Fsp3) is 1.00. The Morgan fingerprint density at radius 1 is 1.06 bits per heavy atom. The quantitative estimate of drug-likeness (QED) is 0.714. The minimum Gasteiger partial charge on any atom is -0.377 e. The molecule has 1 rings (SSSR count). The molecule has 1 aliphatic rings. The molecule has 1 saturated heterocycles. The van der Waals surface area contributed by atoms with Crippen molar-refractivity contribution in [3.63, 3.8) is 0 Å². The molecule has 0 N–H and O–H groups in total. The first kappa shape index (κ1) is 14.2. The summed E-state index contributed by atoms with van der Waals surface area (Å²) in [7, 11) is 1.04. The molecule has 0 amide bonds. The third-order valence-electron chi connectivity index (χ3n) is 3.97. The lowest BCUT2D eigenvalue weighted by molar-refractivity contribution is -0.0974. The van der Waals surface area contributed by atoms with Crippen molar-refractivity contribution in [2.24, 2.45) is 11.8 Å². The first-order valence-electron chi connectivity index (χ1n) is 6.23. The van der Waals surface area contributed by atoms with E-state index >= 15 is 0 Å². The number of rotatable bonds is 4. The molecule has 3 nitrogen and oxygen atoms in total. The highest BCUT2D eigenvalue weighted by Crippen LogP contribution is 2.43. The summed E-state index contributed by atoms with van der Waals surface area (Å²) < 4.78 is 17.5. The zero-order valence-electron chi connectivity index (χ0n) is 11.5. The number of hydrogen-bond acceptors (Lipinski definition) is 3. The molecule has 0 aromatic heterocycles. The molecule has 0 aliphatic carbocycles. The van der Waals surface area contributed by atoms with Crippen LogP contribution in [0.1, 0.15) is 40.5 Å². The molecule has 1 heterocycles. The zero-order chi connectivity index (χ0) is 12.4. The summed E-state index contributed by atoms with van der Waals surface area (Å²) in [6.45, 7) is 8.93. The molecule has 4 heteroatoms. The van der Waals surface area contributed by atoms with Crippen molar-refractivity contribution in [1.29, 1.82) is 0 Å². The van der Waals surface area contributed by atoms with E-state index in [0.29, 0.717) is 11.8 Å². The van der Waals surface area contributed by atoms with Gasteiger partial charge in [0.1, 0.15) is 0 Å². The molecule has 0 atom stereocenters. The highest BCUT2D eigenvalue weighted by molar-refractivity contribution is 6.60. The van der Waals surface area contributed by atoms with Gasteiger partial charge in [0.25, 0.3) is 0 Å². The molecule has 96 valence electrons. The summed E-state index contributed by atoms with van der Waals surface area (Å²) in [4.78, 5) is 0. The standard InChI is InChI=1S/C12H26O3Si/c1-10(2)12(11(3)4)8-7-9-16(13-5,14-6)15-12/h10-11H,7-9H2,1-6H3. The van der Waals surface area contributed by atoms with Crippen molar-refractivity contribution in [2.45, 2.75) is 52.2 Å². The largest absolute Gasteiger partial charge is 0.500 e. The molecule has 1 aliphatic heterocycles. The second kappa shape index (κ2) is 5.17. The molecule has 16 heavy (non-hydrogen) atoms. The van der Waals surface area contributed by atoms with Crippen molar-refractivity contribution in [1.82, 2.24) is 0 Å². The zero-order valence-corrected chi connectivity index (χ0v) is 12.5. The Bertz CT molecular complexity index is 216. The van der Waals surface area contributed by atoms with Gasteiger partial charge in [-0.05, 0) is 24.7 Å². The Morgan fingerprint density at radius 2 is 1.56 bits per heavy atom. The molecule has 0 spiro atoms. The van der Waals surface area contributed by atoms with Gasteiger partial charge in [0.2, 0.25) is 0 Å². The molecule has 0 saturated carbocycles. The van der Waals surface area contributed by atoms with E-state index in [0.717, 1.165) is 18.9 Å². The van der Waals surface area contributed by atoms with Crippen LogP contribution >= 0.6 is 0 Å². The molecule has 0 aromatic rings. The number of hydrogen-bond donors (Lipinski definition) is 0. The second-order valence-corrected chi connectivity index (χ2v) is 8.20. The lowest BCUT2D eigenvalue weighted by Crippen LogP contribution is -2.59. The molecular weight excluding hydrogens is 220 g/mol. The van der Waals surface area contributed by atoms with Gasteiger partial charge >= 0.3 is 8.80 Å². The highest BCUT2D eigenvalue weighted by Gasteiger charge is 2.53. The van der Waals surface area contributed by atoms with E-state index in [1.54, 1.807) is 14.2 Å². The maximum Gasteiger partial charge on any atom is 0.500 e.